The van der Waals surface area contributed by atoms with Crippen LogP contribution in [0.15, 0.2) is 42.9 Å². The second-order valence-electron chi connectivity index (χ2n) is 6.76. The summed E-state index contributed by atoms with van der Waals surface area (Å²) < 4.78 is 43.4. The lowest BCUT2D eigenvalue weighted by Gasteiger charge is -2.40. The third-order valence-corrected chi connectivity index (χ3v) is 5.01. The number of pyridine rings is 2. The van der Waals surface area contributed by atoms with Gasteiger partial charge in [0.2, 0.25) is 18.3 Å². The molecule has 0 unspecified atom stereocenters. The summed E-state index contributed by atoms with van der Waals surface area (Å²) in [5.74, 6) is -4.58. The minimum Gasteiger partial charge on any atom is -1.00 e. The second kappa shape index (κ2) is 9.70. The van der Waals surface area contributed by atoms with Gasteiger partial charge in [-0.1, -0.05) is 0 Å². The molecule has 1 aliphatic heterocycles. The zero-order valence-corrected chi connectivity index (χ0v) is 18.1. The van der Waals surface area contributed by atoms with E-state index in [1.807, 2.05) is 0 Å². The lowest BCUT2D eigenvalue weighted by Crippen LogP contribution is -3.00. The Kier molecular flexibility index (Phi) is 7.80. The molecular formula is C19H22F3IN4O2. The first-order chi connectivity index (χ1) is 13.3. The predicted molar refractivity (Wildman–Crippen MR) is 95.3 cm³/mol. The fourth-order valence-electron chi connectivity index (χ4n) is 3.25. The van der Waals surface area contributed by atoms with E-state index in [9.17, 15) is 18.0 Å². The van der Waals surface area contributed by atoms with Crippen molar-refractivity contribution < 1.29 is 51.5 Å². The number of amides is 1. The smallest absolute Gasteiger partial charge is 0.257 e. The molecule has 0 radical (unpaired) electrons. The van der Waals surface area contributed by atoms with Gasteiger partial charge in [0.05, 0.1) is 18.2 Å². The minimum absolute atomic E-state index is 0. The molecule has 0 aliphatic carbocycles. The van der Waals surface area contributed by atoms with Gasteiger partial charge in [-0.15, -0.1) is 0 Å². The highest BCUT2D eigenvalue weighted by atomic mass is 127. The van der Waals surface area contributed by atoms with Crippen LogP contribution in [0.4, 0.5) is 19.0 Å². The zero-order valence-electron chi connectivity index (χ0n) is 16.0. The number of carbonyl (C=O) groups is 1. The number of hydrogen-bond donors (Lipinski definition) is 1. The summed E-state index contributed by atoms with van der Waals surface area (Å²) in [6.45, 7) is 1.79. The summed E-state index contributed by atoms with van der Waals surface area (Å²) in [7, 11) is 1.48. The first kappa shape index (κ1) is 23.3. The SMILES string of the molecule is CO[n+]1ccc([C@H]2CN([C@@H](C)C(=O)Nc3ccc(F)cn3)CCC2(F)F)cc1.[I-]. The third-order valence-electron chi connectivity index (χ3n) is 5.01. The average Bonchev–Trinajstić information content (AvgIpc) is 2.69. The van der Waals surface area contributed by atoms with Crippen molar-refractivity contribution in [2.75, 3.05) is 25.5 Å². The van der Waals surface area contributed by atoms with Crippen LogP contribution in [0.1, 0.15) is 24.8 Å². The molecule has 2 aromatic rings. The largest absolute Gasteiger partial charge is 1.00 e. The Balaban J connectivity index is 0.00000300. The molecule has 0 aromatic carbocycles. The Morgan fingerprint density at radius 2 is 2.03 bits per heavy atom. The van der Waals surface area contributed by atoms with Gasteiger partial charge in [0, 0.05) is 36.4 Å². The topological polar surface area (TPSA) is 58.3 Å². The number of aromatic nitrogens is 2. The van der Waals surface area contributed by atoms with Crippen LogP contribution in [0.5, 0.6) is 0 Å². The van der Waals surface area contributed by atoms with Crippen LogP contribution in [0.25, 0.3) is 0 Å². The van der Waals surface area contributed by atoms with Crippen LogP contribution in [-0.2, 0) is 4.79 Å². The van der Waals surface area contributed by atoms with Gasteiger partial charge in [-0.05, 0) is 24.6 Å². The Labute approximate surface area is 184 Å². The first-order valence-corrected chi connectivity index (χ1v) is 8.90. The summed E-state index contributed by atoms with van der Waals surface area (Å²) in [6, 6.07) is 5.09. The van der Waals surface area contributed by atoms with E-state index in [1.165, 1.54) is 24.0 Å². The van der Waals surface area contributed by atoms with Crippen LogP contribution in [0.3, 0.4) is 0 Å². The van der Waals surface area contributed by atoms with Crippen molar-refractivity contribution in [1.29, 1.82) is 0 Å². The Morgan fingerprint density at radius 1 is 1.34 bits per heavy atom. The van der Waals surface area contributed by atoms with Crippen molar-refractivity contribution in [1.82, 2.24) is 9.88 Å². The van der Waals surface area contributed by atoms with Gasteiger partial charge >= 0.3 is 0 Å². The molecule has 3 heterocycles. The third kappa shape index (κ3) is 5.56. The summed E-state index contributed by atoms with van der Waals surface area (Å²) >= 11 is 0. The van der Waals surface area contributed by atoms with E-state index in [0.29, 0.717) is 5.56 Å². The highest BCUT2D eigenvalue weighted by Crippen LogP contribution is 2.40. The Hall–Kier alpha value is -1.95. The maximum atomic E-state index is 14.5. The number of alkyl halides is 2. The number of nitrogens with zero attached hydrogens (tertiary/aromatic N) is 3. The monoisotopic (exact) mass is 522 g/mol. The fourth-order valence-corrected chi connectivity index (χ4v) is 3.25. The molecule has 0 saturated carbocycles. The number of hydrogen-bond acceptors (Lipinski definition) is 4. The van der Waals surface area contributed by atoms with Gasteiger partial charge in [0.1, 0.15) is 18.7 Å². The molecule has 1 N–H and O–H groups in total. The van der Waals surface area contributed by atoms with Crippen LogP contribution >= 0.6 is 0 Å². The van der Waals surface area contributed by atoms with Crippen molar-refractivity contribution >= 4 is 11.7 Å². The van der Waals surface area contributed by atoms with Crippen LogP contribution in [-0.4, -0.2) is 48.0 Å². The average molecular weight is 522 g/mol. The van der Waals surface area contributed by atoms with Crippen LogP contribution < -0.4 is 38.9 Å². The first-order valence-electron chi connectivity index (χ1n) is 8.90. The summed E-state index contributed by atoms with van der Waals surface area (Å²) in [5, 5.41) is 2.59. The standard InChI is InChI=1S/C19H21F3N4O2.HI/c1-13(18(27)24-17-4-3-15(20)11-23-17)25-10-7-19(21,22)16(12-25)14-5-8-26(28-2)9-6-14;/h3-6,8-9,11,13,16H,7,10,12H2,1-2H3;1H/t13-,16+;/m0./s1. The molecule has 2 atom stereocenters. The van der Waals surface area contributed by atoms with Gasteiger partial charge in [0.15, 0.2) is 0 Å². The molecular weight excluding hydrogens is 500 g/mol. The van der Waals surface area contributed by atoms with Gasteiger partial charge in [-0.25, -0.2) is 18.2 Å². The van der Waals surface area contributed by atoms with Gasteiger partial charge in [-0.3, -0.25) is 14.5 Å². The number of anilines is 1. The van der Waals surface area contributed by atoms with Crippen molar-refractivity contribution in [3.05, 3.63) is 54.2 Å². The van der Waals surface area contributed by atoms with Crippen LogP contribution in [0.2, 0.25) is 0 Å². The van der Waals surface area contributed by atoms with Crippen molar-refractivity contribution in [2.24, 2.45) is 0 Å². The van der Waals surface area contributed by atoms with E-state index < -0.39 is 23.7 Å². The predicted octanol–water partition coefficient (Wildman–Crippen LogP) is -0.978. The second-order valence-corrected chi connectivity index (χ2v) is 6.76. The van der Waals surface area contributed by atoms with Gasteiger partial charge in [0.25, 0.3) is 5.92 Å². The molecule has 0 bridgehead atoms. The maximum absolute atomic E-state index is 14.5. The summed E-state index contributed by atoms with van der Waals surface area (Å²) in [6.07, 6.45) is 3.80. The number of halogens is 4. The molecule has 0 spiro atoms. The molecule has 2 aromatic heterocycles. The molecule has 158 valence electrons. The number of nitrogens with one attached hydrogen (secondary N) is 1. The Bertz CT molecular complexity index is 821. The fraction of sp³-hybridized carbons (Fsp3) is 0.421. The van der Waals surface area contributed by atoms with E-state index in [0.717, 1.165) is 6.20 Å². The van der Waals surface area contributed by atoms with E-state index in [2.05, 4.69) is 10.3 Å². The lowest BCUT2D eigenvalue weighted by molar-refractivity contribution is -0.885. The molecule has 1 aliphatic rings. The Morgan fingerprint density at radius 3 is 2.62 bits per heavy atom. The molecule has 1 fully saturated rings. The summed E-state index contributed by atoms with van der Waals surface area (Å²) in [5.41, 5.74) is 0.482. The lowest BCUT2D eigenvalue weighted by atomic mass is 9.87. The van der Waals surface area contributed by atoms with Crippen molar-refractivity contribution in [3.8, 4) is 0 Å². The van der Waals surface area contributed by atoms with Gasteiger partial charge < -0.3 is 29.3 Å². The van der Waals surface area contributed by atoms with Gasteiger partial charge in [-0.2, -0.15) is 0 Å². The molecule has 6 nitrogen and oxygen atoms in total. The molecule has 1 saturated heterocycles. The van der Waals surface area contributed by atoms with Crippen LogP contribution in [0, 0.1) is 5.82 Å². The number of likely N-dealkylation sites (tertiary alicyclic amines) is 1. The normalized spacial score (nSPS) is 19.7. The highest BCUT2D eigenvalue weighted by molar-refractivity contribution is 5.93. The van der Waals surface area contributed by atoms with E-state index in [1.54, 1.807) is 36.4 Å². The number of carbonyl (C=O) groups excluding carboxylic acids is 1. The van der Waals surface area contributed by atoms with Crippen molar-refractivity contribution in [2.45, 2.75) is 31.2 Å². The zero-order chi connectivity index (χ0) is 20.3. The molecule has 3 rings (SSSR count). The maximum Gasteiger partial charge on any atom is 0.257 e. The quantitative estimate of drug-likeness (QED) is 0.406. The van der Waals surface area contributed by atoms with E-state index in [4.69, 9.17) is 4.84 Å². The summed E-state index contributed by atoms with van der Waals surface area (Å²) in [4.78, 5) is 23.0. The molecule has 1 amide bonds. The molecule has 10 heteroatoms. The van der Waals surface area contributed by atoms with E-state index >= 15 is 0 Å². The van der Waals surface area contributed by atoms with E-state index in [-0.39, 0.29) is 55.2 Å². The number of piperidine rings is 1. The number of rotatable bonds is 5. The minimum atomic E-state index is -2.87. The highest BCUT2D eigenvalue weighted by Gasteiger charge is 2.46. The molecule has 29 heavy (non-hydrogen) atoms. The van der Waals surface area contributed by atoms with Crippen molar-refractivity contribution in [3.63, 3.8) is 0 Å².